The van der Waals surface area contributed by atoms with Crippen LogP contribution < -0.4 is 10.6 Å². The Hall–Kier alpha value is -2.23. The van der Waals surface area contributed by atoms with E-state index >= 15 is 0 Å². The van der Waals surface area contributed by atoms with Crippen molar-refractivity contribution < 1.29 is 18.0 Å². The van der Waals surface area contributed by atoms with Crippen LogP contribution in [0.3, 0.4) is 0 Å². The average Bonchev–Trinajstić information content (AvgIpc) is 2.70. The monoisotopic (exact) mass is 481 g/mol. The van der Waals surface area contributed by atoms with Crippen LogP contribution in [-0.4, -0.2) is 44.2 Å². The topological polar surface area (TPSA) is 95.6 Å². The van der Waals surface area contributed by atoms with Gasteiger partial charge in [-0.2, -0.15) is 4.31 Å². The molecule has 0 unspecified atom stereocenters. The number of rotatable bonds is 8. The van der Waals surface area contributed by atoms with Crippen molar-refractivity contribution in [2.24, 2.45) is 0 Å². The van der Waals surface area contributed by atoms with E-state index in [-0.39, 0.29) is 11.4 Å². The van der Waals surface area contributed by atoms with Gasteiger partial charge >= 0.3 is 11.8 Å². The summed E-state index contributed by atoms with van der Waals surface area (Å²) in [5.74, 6) is -1.47. The maximum atomic E-state index is 12.5. The Balaban J connectivity index is 1.86. The third-order valence-corrected chi connectivity index (χ3v) is 6.87. The van der Waals surface area contributed by atoms with E-state index < -0.39 is 21.8 Å². The van der Waals surface area contributed by atoms with Crippen molar-refractivity contribution in [2.75, 3.05) is 25.0 Å². The summed E-state index contributed by atoms with van der Waals surface area (Å²) < 4.78 is 27.2. The van der Waals surface area contributed by atoms with Crippen molar-refractivity contribution in [2.45, 2.75) is 25.2 Å². The van der Waals surface area contributed by atoms with Crippen LogP contribution in [0.4, 0.5) is 5.69 Å². The molecule has 0 fully saturated rings. The molecule has 0 radical (unpaired) electrons. The minimum absolute atomic E-state index is 0.239. The van der Waals surface area contributed by atoms with Crippen molar-refractivity contribution in [1.29, 1.82) is 0 Å². The Morgan fingerprint density at radius 1 is 0.931 bits per heavy atom. The van der Waals surface area contributed by atoms with Crippen molar-refractivity contribution in [3.8, 4) is 0 Å². The number of carbonyl (C=O) groups excluding carboxylic acids is 2. The molecule has 2 rings (SSSR count). The Bertz CT molecular complexity index is 941. The average molecular weight is 482 g/mol. The van der Waals surface area contributed by atoms with Gasteiger partial charge in [-0.3, -0.25) is 9.59 Å². The SMILES string of the molecule is CCN(CC)S(=O)(=O)c1ccc(CCNC(=O)C(=O)Nc2ccc(Br)cc2)cc1. The number of hydrogen-bond acceptors (Lipinski definition) is 4. The van der Waals surface area contributed by atoms with Crippen LogP contribution in [0.1, 0.15) is 19.4 Å². The van der Waals surface area contributed by atoms with Gasteiger partial charge in [0.2, 0.25) is 10.0 Å². The van der Waals surface area contributed by atoms with Crippen molar-refractivity contribution in [3.05, 3.63) is 58.6 Å². The summed E-state index contributed by atoms with van der Waals surface area (Å²) in [7, 11) is -3.49. The fraction of sp³-hybridized carbons (Fsp3) is 0.300. The molecule has 0 aromatic heterocycles. The fourth-order valence-corrected chi connectivity index (χ4v) is 4.38. The van der Waals surface area contributed by atoms with Gasteiger partial charge in [0, 0.05) is 29.8 Å². The number of benzene rings is 2. The number of nitrogens with one attached hydrogen (secondary N) is 2. The van der Waals surface area contributed by atoms with Crippen LogP contribution in [0.2, 0.25) is 0 Å². The normalized spacial score (nSPS) is 11.3. The van der Waals surface area contributed by atoms with E-state index in [9.17, 15) is 18.0 Å². The van der Waals surface area contributed by atoms with E-state index in [1.807, 2.05) is 0 Å². The lowest BCUT2D eigenvalue weighted by Gasteiger charge is -2.18. The molecule has 2 N–H and O–H groups in total. The number of halogens is 1. The van der Waals surface area contributed by atoms with Crippen molar-refractivity contribution >= 4 is 43.5 Å². The number of sulfonamides is 1. The van der Waals surface area contributed by atoms with Gasteiger partial charge in [0.1, 0.15) is 0 Å². The van der Waals surface area contributed by atoms with Crippen LogP contribution in [0.25, 0.3) is 0 Å². The lowest BCUT2D eigenvalue weighted by atomic mass is 10.1. The smallest absolute Gasteiger partial charge is 0.313 e. The minimum atomic E-state index is -3.49. The number of amides is 2. The summed E-state index contributed by atoms with van der Waals surface area (Å²) >= 11 is 3.30. The predicted molar refractivity (Wildman–Crippen MR) is 116 cm³/mol. The van der Waals surface area contributed by atoms with Crippen LogP contribution in [-0.2, 0) is 26.0 Å². The maximum Gasteiger partial charge on any atom is 0.313 e. The van der Waals surface area contributed by atoms with Crippen LogP contribution in [0, 0.1) is 0 Å². The Morgan fingerprint density at radius 3 is 2.07 bits per heavy atom. The van der Waals surface area contributed by atoms with E-state index in [1.165, 1.54) is 4.31 Å². The molecule has 0 heterocycles. The highest BCUT2D eigenvalue weighted by Gasteiger charge is 2.21. The quantitative estimate of drug-likeness (QED) is 0.566. The zero-order valence-electron chi connectivity index (χ0n) is 16.3. The second-order valence-electron chi connectivity index (χ2n) is 6.20. The molecule has 0 aliphatic carbocycles. The summed E-state index contributed by atoms with van der Waals surface area (Å²) in [5, 5.41) is 5.08. The first-order valence-corrected chi connectivity index (χ1v) is 11.4. The van der Waals surface area contributed by atoms with Gasteiger partial charge in [-0.05, 0) is 48.4 Å². The van der Waals surface area contributed by atoms with Gasteiger partial charge in [0.05, 0.1) is 4.90 Å². The lowest BCUT2D eigenvalue weighted by molar-refractivity contribution is -0.136. The van der Waals surface area contributed by atoms with Gasteiger partial charge in [0.25, 0.3) is 0 Å². The third kappa shape index (κ3) is 6.38. The van der Waals surface area contributed by atoms with Gasteiger partial charge in [-0.25, -0.2) is 8.42 Å². The van der Waals surface area contributed by atoms with Crippen molar-refractivity contribution in [3.63, 3.8) is 0 Å². The summed E-state index contributed by atoms with van der Waals surface area (Å²) in [6.45, 7) is 4.68. The standard InChI is InChI=1S/C20H24BrN3O4S/c1-3-24(4-2)29(27,28)18-11-5-15(6-12-18)13-14-22-19(25)20(26)23-17-9-7-16(21)8-10-17/h5-12H,3-4,13-14H2,1-2H3,(H,22,25)(H,23,26). The summed E-state index contributed by atoms with van der Waals surface area (Å²) in [6, 6.07) is 13.4. The molecule has 29 heavy (non-hydrogen) atoms. The van der Waals surface area contributed by atoms with Gasteiger partial charge < -0.3 is 10.6 Å². The second kappa shape index (κ2) is 10.5. The molecule has 7 nitrogen and oxygen atoms in total. The number of nitrogens with zero attached hydrogens (tertiary/aromatic N) is 1. The highest BCUT2D eigenvalue weighted by Crippen LogP contribution is 2.16. The molecular weight excluding hydrogens is 458 g/mol. The molecule has 0 aliphatic rings. The molecule has 0 saturated carbocycles. The molecular formula is C20H24BrN3O4S. The van der Waals surface area contributed by atoms with Crippen LogP contribution in [0.5, 0.6) is 0 Å². The van der Waals surface area contributed by atoms with E-state index in [0.717, 1.165) is 10.0 Å². The molecule has 0 aliphatic heterocycles. The molecule has 2 aromatic carbocycles. The predicted octanol–water partition coefficient (Wildman–Crippen LogP) is 2.78. The maximum absolute atomic E-state index is 12.5. The molecule has 0 saturated heterocycles. The first kappa shape index (κ1) is 23.1. The highest BCUT2D eigenvalue weighted by atomic mass is 79.9. The molecule has 2 aromatic rings. The molecule has 0 spiro atoms. The Morgan fingerprint density at radius 2 is 1.52 bits per heavy atom. The largest absolute Gasteiger partial charge is 0.347 e. The number of carbonyl (C=O) groups is 2. The van der Waals surface area contributed by atoms with Crippen LogP contribution in [0.15, 0.2) is 57.9 Å². The third-order valence-electron chi connectivity index (χ3n) is 4.27. The van der Waals surface area contributed by atoms with Gasteiger partial charge in [-0.1, -0.05) is 41.9 Å². The first-order chi connectivity index (χ1) is 13.8. The Kier molecular flexibility index (Phi) is 8.36. The first-order valence-electron chi connectivity index (χ1n) is 9.21. The van der Waals surface area contributed by atoms with E-state index in [1.54, 1.807) is 62.4 Å². The van der Waals surface area contributed by atoms with Gasteiger partial charge in [0.15, 0.2) is 0 Å². The van der Waals surface area contributed by atoms with Crippen molar-refractivity contribution in [1.82, 2.24) is 9.62 Å². The Labute approximate surface area is 179 Å². The molecule has 156 valence electrons. The minimum Gasteiger partial charge on any atom is -0.347 e. The molecule has 0 atom stereocenters. The fourth-order valence-electron chi connectivity index (χ4n) is 2.66. The summed E-state index contributed by atoms with van der Waals surface area (Å²) in [4.78, 5) is 24.1. The van der Waals surface area contributed by atoms with Gasteiger partial charge in [-0.15, -0.1) is 0 Å². The van der Waals surface area contributed by atoms with E-state index in [4.69, 9.17) is 0 Å². The van der Waals surface area contributed by atoms with E-state index in [0.29, 0.717) is 25.2 Å². The van der Waals surface area contributed by atoms with E-state index in [2.05, 4.69) is 26.6 Å². The zero-order valence-corrected chi connectivity index (χ0v) is 18.7. The molecule has 0 bridgehead atoms. The van der Waals surface area contributed by atoms with Crippen LogP contribution >= 0.6 is 15.9 Å². The summed E-state index contributed by atoms with van der Waals surface area (Å²) in [6.07, 6.45) is 0.475. The lowest BCUT2D eigenvalue weighted by Crippen LogP contribution is -2.36. The molecule has 2 amide bonds. The highest BCUT2D eigenvalue weighted by molar-refractivity contribution is 9.10. The molecule has 9 heteroatoms. The summed E-state index contributed by atoms with van der Waals surface area (Å²) in [5.41, 5.74) is 1.38. The second-order valence-corrected chi connectivity index (χ2v) is 9.05. The number of anilines is 1. The zero-order chi connectivity index (χ0) is 21.4. The number of hydrogen-bond donors (Lipinski definition) is 2.